The van der Waals surface area contributed by atoms with Gasteiger partial charge in [-0.15, -0.1) is 0 Å². The molecule has 2 N–H and O–H groups in total. The fraction of sp³-hybridized carbons (Fsp3) is 0.593. The van der Waals surface area contributed by atoms with Gasteiger partial charge in [-0.3, -0.25) is 14.4 Å². The molecule has 38 heavy (non-hydrogen) atoms. The summed E-state index contributed by atoms with van der Waals surface area (Å²) in [4.78, 5) is 52.8. The van der Waals surface area contributed by atoms with Crippen molar-refractivity contribution in [3.63, 3.8) is 0 Å². The molecular weight excluding hydrogens is 508 g/mol. The minimum Gasteiger partial charge on any atom is -0.466 e. The second-order valence-corrected chi connectivity index (χ2v) is 10.7. The number of amides is 3. The summed E-state index contributed by atoms with van der Waals surface area (Å²) in [6.07, 6.45) is 1.33. The molecule has 0 saturated heterocycles. The van der Waals surface area contributed by atoms with Crippen LogP contribution in [-0.2, 0) is 23.9 Å². The number of carbonyl (C=O) groups excluding carboxylic acids is 4. The minimum absolute atomic E-state index is 0.000276. The van der Waals surface area contributed by atoms with Gasteiger partial charge < -0.3 is 25.0 Å². The van der Waals surface area contributed by atoms with E-state index in [1.807, 2.05) is 38.3 Å². The molecule has 0 saturated carbocycles. The second-order valence-electron chi connectivity index (χ2n) is 9.71. The van der Waals surface area contributed by atoms with E-state index in [4.69, 9.17) is 9.47 Å². The molecule has 1 aromatic rings. The number of nitrogens with one attached hydrogen (secondary N) is 2. The Morgan fingerprint density at radius 1 is 1.18 bits per heavy atom. The predicted octanol–water partition coefficient (Wildman–Crippen LogP) is 3.41. The Hall–Kier alpha value is -3.26. The average molecular weight is 549 g/mol. The van der Waals surface area contributed by atoms with Crippen LogP contribution in [0.25, 0.3) is 0 Å². The van der Waals surface area contributed by atoms with Gasteiger partial charge in [-0.1, -0.05) is 23.8 Å². The molecule has 1 rings (SSSR count). The first-order valence-electron chi connectivity index (χ1n) is 12.5. The number of nitriles is 1. The van der Waals surface area contributed by atoms with Gasteiger partial charge in [-0.25, -0.2) is 4.79 Å². The Labute approximate surface area is 229 Å². The maximum absolute atomic E-state index is 13.8. The zero-order chi connectivity index (χ0) is 28.9. The predicted molar refractivity (Wildman–Crippen MR) is 146 cm³/mol. The minimum atomic E-state index is -1.16. The maximum atomic E-state index is 13.8. The van der Waals surface area contributed by atoms with Crippen molar-refractivity contribution in [1.82, 2.24) is 15.5 Å². The van der Waals surface area contributed by atoms with E-state index in [-0.39, 0.29) is 26.0 Å². The van der Waals surface area contributed by atoms with Crippen LogP contribution < -0.4 is 10.6 Å². The van der Waals surface area contributed by atoms with Crippen LogP contribution in [0.5, 0.6) is 0 Å². The van der Waals surface area contributed by atoms with Gasteiger partial charge in [-0.2, -0.15) is 17.0 Å². The standard InChI is InChI=1S/C27H40N4O6S/c1-8-36-22(32)11-14-29-24(33)23(20-10-9-18(2)17-19(20)3)31(15-13-28)25(34)21(12-16-38-7)30-26(35)37-27(4,5)6/h9-10,17,21,23H,8,11-12,14-16H2,1-7H3,(H,29,33)(H,30,35). The molecule has 10 nitrogen and oxygen atoms in total. The number of alkyl carbamates (subject to hydrolysis) is 1. The summed E-state index contributed by atoms with van der Waals surface area (Å²) < 4.78 is 10.3. The van der Waals surface area contributed by atoms with Crippen LogP contribution in [0.4, 0.5) is 4.79 Å². The Balaban J connectivity index is 3.41. The number of nitrogens with zero attached hydrogens (tertiary/aromatic N) is 2. The fourth-order valence-electron chi connectivity index (χ4n) is 3.72. The molecule has 3 amide bonds. The molecule has 1 aromatic carbocycles. The Kier molecular flexibility index (Phi) is 13.7. The topological polar surface area (TPSA) is 138 Å². The van der Waals surface area contributed by atoms with Crippen molar-refractivity contribution in [3.8, 4) is 6.07 Å². The van der Waals surface area contributed by atoms with Crippen molar-refractivity contribution in [1.29, 1.82) is 5.26 Å². The third kappa shape index (κ3) is 11.0. The van der Waals surface area contributed by atoms with Crippen LogP contribution in [-0.4, -0.2) is 72.1 Å². The third-order valence-corrected chi connectivity index (χ3v) is 5.98. The molecule has 11 heteroatoms. The Morgan fingerprint density at radius 3 is 2.42 bits per heavy atom. The third-order valence-electron chi connectivity index (χ3n) is 5.34. The molecular formula is C27H40N4O6S. The van der Waals surface area contributed by atoms with Gasteiger partial charge in [0, 0.05) is 6.54 Å². The molecule has 0 heterocycles. The van der Waals surface area contributed by atoms with E-state index in [9.17, 15) is 24.4 Å². The van der Waals surface area contributed by atoms with Gasteiger partial charge in [0.15, 0.2) is 0 Å². The van der Waals surface area contributed by atoms with Crippen LogP contribution in [0.15, 0.2) is 18.2 Å². The molecule has 210 valence electrons. The molecule has 0 fully saturated rings. The monoisotopic (exact) mass is 548 g/mol. The smallest absolute Gasteiger partial charge is 0.408 e. The van der Waals surface area contributed by atoms with E-state index >= 15 is 0 Å². The fourth-order valence-corrected chi connectivity index (χ4v) is 4.19. The number of carbonyl (C=O) groups is 4. The summed E-state index contributed by atoms with van der Waals surface area (Å²) in [5, 5.41) is 14.9. The summed E-state index contributed by atoms with van der Waals surface area (Å²) in [6.45, 7) is 10.4. The first-order valence-corrected chi connectivity index (χ1v) is 13.9. The van der Waals surface area contributed by atoms with Gasteiger partial charge in [0.2, 0.25) is 11.8 Å². The number of rotatable bonds is 13. The lowest BCUT2D eigenvalue weighted by Crippen LogP contribution is -2.53. The van der Waals surface area contributed by atoms with Gasteiger partial charge >= 0.3 is 12.1 Å². The van der Waals surface area contributed by atoms with Crippen LogP contribution in [0.1, 0.15) is 63.3 Å². The van der Waals surface area contributed by atoms with Gasteiger partial charge in [0.05, 0.1) is 19.1 Å². The largest absolute Gasteiger partial charge is 0.466 e. The van der Waals surface area contributed by atoms with E-state index in [1.165, 1.54) is 16.7 Å². The van der Waals surface area contributed by atoms with Crippen LogP contribution in [0.2, 0.25) is 0 Å². The van der Waals surface area contributed by atoms with E-state index < -0.39 is 48.1 Å². The normalized spacial score (nSPS) is 12.5. The molecule has 0 aliphatic rings. The summed E-state index contributed by atoms with van der Waals surface area (Å²) in [5.41, 5.74) is 1.49. The summed E-state index contributed by atoms with van der Waals surface area (Å²) in [6, 6.07) is 5.24. The van der Waals surface area contributed by atoms with E-state index in [0.717, 1.165) is 11.1 Å². The number of ether oxygens (including phenoxy) is 2. The van der Waals surface area contributed by atoms with Crippen molar-refractivity contribution in [2.24, 2.45) is 0 Å². The zero-order valence-electron chi connectivity index (χ0n) is 23.4. The van der Waals surface area contributed by atoms with Crippen molar-refractivity contribution in [2.75, 3.05) is 31.7 Å². The van der Waals surface area contributed by atoms with Gasteiger partial charge in [-0.05, 0) is 71.1 Å². The second kappa shape index (κ2) is 15.9. The van der Waals surface area contributed by atoms with Gasteiger partial charge in [0.1, 0.15) is 24.2 Å². The lowest BCUT2D eigenvalue weighted by molar-refractivity contribution is -0.144. The molecule has 0 radical (unpaired) electrons. The number of hydrogen-bond acceptors (Lipinski definition) is 8. The SMILES string of the molecule is CCOC(=O)CCNC(=O)C(c1ccc(C)cc1C)N(CC#N)C(=O)C(CCSC)NC(=O)OC(C)(C)C. The Morgan fingerprint density at radius 2 is 1.87 bits per heavy atom. The average Bonchev–Trinajstić information content (AvgIpc) is 2.81. The zero-order valence-corrected chi connectivity index (χ0v) is 24.2. The number of benzene rings is 1. The highest BCUT2D eigenvalue weighted by Gasteiger charge is 2.36. The molecule has 2 unspecified atom stereocenters. The summed E-state index contributed by atoms with van der Waals surface area (Å²) in [5.74, 6) is -1.05. The van der Waals surface area contributed by atoms with Crippen LogP contribution >= 0.6 is 11.8 Å². The van der Waals surface area contributed by atoms with E-state index in [0.29, 0.717) is 11.3 Å². The van der Waals surface area contributed by atoms with Gasteiger partial charge in [0.25, 0.3) is 0 Å². The molecule has 0 aliphatic carbocycles. The van der Waals surface area contributed by atoms with Crippen molar-refractivity contribution in [2.45, 2.75) is 72.1 Å². The molecule has 0 aromatic heterocycles. The number of aryl methyl sites for hydroxylation is 2. The maximum Gasteiger partial charge on any atom is 0.408 e. The molecule has 0 bridgehead atoms. The summed E-state index contributed by atoms with van der Waals surface area (Å²) in [7, 11) is 0. The number of esters is 1. The molecule has 0 aliphatic heterocycles. The number of thioether (sulfide) groups is 1. The first-order chi connectivity index (χ1) is 17.8. The van der Waals surface area contributed by atoms with Crippen LogP contribution in [0, 0.1) is 25.2 Å². The highest BCUT2D eigenvalue weighted by atomic mass is 32.2. The van der Waals surface area contributed by atoms with Crippen molar-refractivity contribution >= 4 is 35.6 Å². The summed E-state index contributed by atoms with van der Waals surface area (Å²) >= 11 is 1.49. The molecule has 2 atom stereocenters. The van der Waals surface area contributed by atoms with E-state index in [1.54, 1.807) is 33.8 Å². The highest BCUT2D eigenvalue weighted by molar-refractivity contribution is 7.98. The van der Waals surface area contributed by atoms with Crippen LogP contribution in [0.3, 0.4) is 0 Å². The van der Waals surface area contributed by atoms with Crippen molar-refractivity contribution < 1.29 is 28.7 Å². The Bertz CT molecular complexity index is 1020. The lowest BCUT2D eigenvalue weighted by atomic mass is 9.96. The highest BCUT2D eigenvalue weighted by Crippen LogP contribution is 2.27. The lowest BCUT2D eigenvalue weighted by Gasteiger charge is -2.33. The van der Waals surface area contributed by atoms with Crippen molar-refractivity contribution in [3.05, 3.63) is 34.9 Å². The number of hydrogen-bond donors (Lipinski definition) is 2. The quantitative estimate of drug-likeness (QED) is 0.283. The molecule has 0 spiro atoms. The first kappa shape index (κ1) is 32.8. The van der Waals surface area contributed by atoms with E-state index in [2.05, 4.69) is 10.6 Å².